The molecule has 1 saturated heterocycles. The van der Waals surface area contributed by atoms with Crippen molar-refractivity contribution in [1.82, 2.24) is 19.6 Å². The highest BCUT2D eigenvalue weighted by Gasteiger charge is 2.21. The van der Waals surface area contributed by atoms with Gasteiger partial charge in [0.05, 0.1) is 29.3 Å². The number of rotatable bonds is 8. The minimum Gasteiger partial charge on any atom is -0.492 e. The molecule has 7 heteroatoms. The lowest BCUT2D eigenvalue weighted by Gasteiger charge is -2.34. The average Bonchev–Trinajstić information content (AvgIpc) is 3.10. The van der Waals surface area contributed by atoms with Crippen LogP contribution in [0.25, 0.3) is 5.69 Å². The van der Waals surface area contributed by atoms with E-state index in [1.54, 1.807) is 0 Å². The highest BCUT2D eigenvalue weighted by atomic mass is 16.5. The summed E-state index contributed by atoms with van der Waals surface area (Å²) in [5, 5.41) is 7.73. The number of ether oxygens (including phenoxy) is 1. The number of hydrogen-bond acceptors (Lipinski definition) is 5. The summed E-state index contributed by atoms with van der Waals surface area (Å²) < 4.78 is 7.69. The van der Waals surface area contributed by atoms with Gasteiger partial charge in [-0.2, -0.15) is 5.10 Å². The van der Waals surface area contributed by atoms with Gasteiger partial charge in [-0.1, -0.05) is 35.9 Å². The summed E-state index contributed by atoms with van der Waals surface area (Å²) in [4.78, 5) is 17.4. The van der Waals surface area contributed by atoms with Crippen molar-refractivity contribution < 1.29 is 9.53 Å². The van der Waals surface area contributed by atoms with Crippen LogP contribution in [-0.4, -0.2) is 71.4 Å². The van der Waals surface area contributed by atoms with E-state index in [0.29, 0.717) is 13.2 Å². The molecule has 2 aromatic carbocycles. The number of aryl methyl sites for hydroxylation is 2. The SMILES string of the molecule is Cc1ccc(-n2nc(C)c(NC(=O)CN3CCN(CCOc4ccccc4)CC3)c2C)cc1. The van der Waals surface area contributed by atoms with E-state index in [-0.39, 0.29) is 5.91 Å². The van der Waals surface area contributed by atoms with Crippen LogP contribution in [0.5, 0.6) is 5.75 Å². The molecule has 1 fully saturated rings. The van der Waals surface area contributed by atoms with Gasteiger partial charge in [-0.15, -0.1) is 0 Å². The molecule has 0 unspecified atom stereocenters. The molecular weight excluding hydrogens is 414 g/mol. The summed E-state index contributed by atoms with van der Waals surface area (Å²) in [6.07, 6.45) is 0. The van der Waals surface area contributed by atoms with E-state index < -0.39 is 0 Å². The lowest BCUT2D eigenvalue weighted by molar-refractivity contribution is -0.117. The maximum absolute atomic E-state index is 12.8. The first-order valence-corrected chi connectivity index (χ1v) is 11.6. The lowest BCUT2D eigenvalue weighted by atomic mass is 10.2. The Morgan fingerprint density at radius 2 is 1.61 bits per heavy atom. The van der Waals surface area contributed by atoms with Crippen molar-refractivity contribution in [3.05, 3.63) is 71.5 Å². The number of nitrogens with one attached hydrogen (secondary N) is 1. The van der Waals surface area contributed by atoms with Crippen LogP contribution in [-0.2, 0) is 4.79 Å². The molecule has 1 aliphatic heterocycles. The zero-order chi connectivity index (χ0) is 23.2. The predicted molar refractivity (Wildman–Crippen MR) is 131 cm³/mol. The van der Waals surface area contributed by atoms with Crippen molar-refractivity contribution >= 4 is 11.6 Å². The second-order valence-electron chi connectivity index (χ2n) is 8.62. The molecule has 7 nitrogen and oxygen atoms in total. The zero-order valence-corrected chi connectivity index (χ0v) is 19.8. The first kappa shape index (κ1) is 23.0. The van der Waals surface area contributed by atoms with E-state index in [0.717, 1.165) is 61.2 Å². The Bertz CT molecular complexity index is 1050. The Morgan fingerprint density at radius 3 is 2.30 bits per heavy atom. The number of amides is 1. The third-order valence-electron chi connectivity index (χ3n) is 6.09. The number of piperazine rings is 1. The van der Waals surface area contributed by atoms with Crippen molar-refractivity contribution in [3.8, 4) is 11.4 Å². The number of aromatic nitrogens is 2. The summed E-state index contributed by atoms with van der Waals surface area (Å²) in [5.74, 6) is 0.912. The Balaban J connectivity index is 1.24. The standard InChI is InChI=1S/C26H33N5O2/c1-20-9-11-23(12-10-20)31-22(3)26(21(2)28-31)27-25(32)19-30-15-13-29(14-16-30)17-18-33-24-7-5-4-6-8-24/h4-12H,13-19H2,1-3H3,(H,27,32). The fourth-order valence-corrected chi connectivity index (χ4v) is 4.12. The van der Waals surface area contributed by atoms with Crippen molar-refractivity contribution in [2.24, 2.45) is 0 Å². The molecular formula is C26H33N5O2. The molecule has 0 radical (unpaired) electrons. The summed E-state index contributed by atoms with van der Waals surface area (Å²) in [7, 11) is 0. The van der Waals surface area contributed by atoms with E-state index in [1.807, 2.05) is 61.0 Å². The number of benzene rings is 2. The van der Waals surface area contributed by atoms with E-state index in [4.69, 9.17) is 4.74 Å². The topological polar surface area (TPSA) is 62.6 Å². The van der Waals surface area contributed by atoms with Gasteiger partial charge in [0.2, 0.25) is 5.91 Å². The highest BCUT2D eigenvalue weighted by molar-refractivity contribution is 5.93. The Labute approximate surface area is 196 Å². The van der Waals surface area contributed by atoms with Gasteiger partial charge < -0.3 is 10.1 Å². The second kappa shape index (κ2) is 10.6. The second-order valence-corrected chi connectivity index (χ2v) is 8.62. The van der Waals surface area contributed by atoms with Crippen LogP contribution in [0.1, 0.15) is 17.0 Å². The molecule has 0 atom stereocenters. The third kappa shape index (κ3) is 6.00. The largest absolute Gasteiger partial charge is 0.492 e. The molecule has 2 heterocycles. The molecule has 1 aromatic heterocycles. The first-order chi connectivity index (χ1) is 16.0. The van der Waals surface area contributed by atoms with Gasteiger partial charge in [-0.25, -0.2) is 4.68 Å². The highest BCUT2D eigenvalue weighted by Crippen LogP contribution is 2.23. The molecule has 4 rings (SSSR count). The molecule has 0 bridgehead atoms. The van der Waals surface area contributed by atoms with Crippen LogP contribution < -0.4 is 10.1 Å². The first-order valence-electron chi connectivity index (χ1n) is 11.6. The minimum absolute atomic E-state index is 0.00511. The lowest BCUT2D eigenvalue weighted by Crippen LogP contribution is -2.49. The minimum atomic E-state index is 0.00511. The van der Waals surface area contributed by atoms with Crippen LogP contribution in [0.15, 0.2) is 54.6 Å². The van der Waals surface area contributed by atoms with Gasteiger partial charge in [0.15, 0.2) is 0 Å². The van der Waals surface area contributed by atoms with Gasteiger partial charge in [-0.3, -0.25) is 14.6 Å². The summed E-state index contributed by atoms with van der Waals surface area (Å²) >= 11 is 0. The fraction of sp³-hybridized carbons (Fsp3) is 0.385. The molecule has 0 spiro atoms. The monoisotopic (exact) mass is 447 g/mol. The molecule has 33 heavy (non-hydrogen) atoms. The summed E-state index contributed by atoms with van der Waals surface area (Å²) in [6.45, 7) is 11.6. The van der Waals surface area contributed by atoms with Gasteiger partial charge in [0.25, 0.3) is 0 Å². The van der Waals surface area contributed by atoms with Gasteiger partial charge in [0, 0.05) is 32.7 Å². The van der Waals surface area contributed by atoms with Gasteiger partial charge in [-0.05, 0) is 45.0 Å². The normalized spacial score (nSPS) is 14.9. The summed E-state index contributed by atoms with van der Waals surface area (Å²) in [5.41, 5.74) is 4.77. The van der Waals surface area contributed by atoms with E-state index in [9.17, 15) is 4.79 Å². The maximum Gasteiger partial charge on any atom is 0.238 e. The number of nitrogens with zero attached hydrogens (tertiary/aromatic N) is 4. The molecule has 174 valence electrons. The molecule has 0 aliphatic carbocycles. The number of para-hydroxylation sites is 1. The predicted octanol–water partition coefficient (Wildman–Crippen LogP) is 3.43. The smallest absolute Gasteiger partial charge is 0.238 e. The molecule has 1 aliphatic rings. The van der Waals surface area contributed by atoms with Gasteiger partial charge in [0.1, 0.15) is 12.4 Å². The van der Waals surface area contributed by atoms with E-state index >= 15 is 0 Å². The molecule has 1 N–H and O–H groups in total. The molecule has 0 saturated carbocycles. The molecule has 1 amide bonds. The van der Waals surface area contributed by atoms with Crippen molar-refractivity contribution in [3.63, 3.8) is 0 Å². The number of carbonyl (C=O) groups is 1. The van der Waals surface area contributed by atoms with Crippen LogP contribution in [0, 0.1) is 20.8 Å². The van der Waals surface area contributed by atoms with Crippen molar-refractivity contribution in [2.45, 2.75) is 20.8 Å². The van der Waals surface area contributed by atoms with Crippen molar-refractivity contribution in [2.75, 3.05) is 51.2 Å². The average molecular weight is 448 g/mol. The quantitative estimate of drug-likeness (QED) is 0.573. The number of anilines is 1. The Morgan fingerprint density at radius 1 is 0.939 bits per heavy atom. The van der Waals surface area contributed by atoms with E-state index in [1.165, 1.54) is 5.56 Å². The van der Waals surface area contributed by atoms with Gasteiger partial charge >= 0.3 is 0 Å². The third-order valence-corrected chi connectivity index (χ3v) is 6.09. The zero-order valence-electron chi connectivity index (χ0n) is 19.8. The number of hydrogen-bond donors (Lipinski definition) is 1. The Kier molecular flexibility index (Phi) is 7.42. The fourth-order valence-electron chi connectivity index (χ4n) is 4.12. The van der Waals surface area contributed by atoms with E-state index in [2.05, 4.69) is 39.3 Å². The van der Waals surface area contributed by atoms with Crippen LogP contribution >= 0.6 is 0 Å². The van der Waals surface area contributed by atoms with Crippen molar-refractivity contribution in [1.29, 1.82) is 0 Å². The van der Waals surface area contributed by atoms with Crippen LogP contribution in [0.4, 0.5) is 5.69 Å². The summed E-state index contributed by atoms with van der Waals surface area (Å²) in [6, 6.07) is 18.1. The van der Waals surface area contributed by atoms with Crippen LogP contribution in [0.2, 0.25) is 0 Å². The Hall–Kier alpha value is -3.16. The maximum atomic E-state index is 12.8. The number of carbonyl (C=O) groups excluding carboxylic acids is 1. The molecule has 3 aromatic rings. The van der Waals surface area contributed by atoms with Crippen LogP contribution in [0.3, 0.4) is 0 Å².